The molecule has 11 nitrogen and oxygen atoms in total. The minimum atomic E-state index is -2.68. The van der Waals surface area contributed by atoms with Crippen LogP contribution in [0.15, 0.2) is 84.9 Å². The zero-order chi connectivity index (χ0) is 38.1. The average molecular weight is 718 g/mol. The lowest BCUT2D eigenvalue weighted by Gasteiger charge is -2.38. The summed E-state index contributed by atoms with van der Waals surface area (Å²) in [7, 11) is 0. The van der Waals surface area contributed by atoms with Gasteiger partial charge in [-0.3, -0.25) is 9.59 Å². The van der Waals surface area contributed by atoms with Crippen LogP contribution in [-0.4, -0.2) is 77.6 Å². The van der Waals surface area contributed by atoms with Gasteiger partial charge in [0.1, 0.15) is 29.2 Å². The lowest BCUT2D eigenvalue weighted by molar-refractivity contribution is -0.221. The van der Waals surface area contributed by atoms with Crippen molar-refractivity contribution in [3.8, 4) is 11.5 Å². The standard InChI is InChI=1S/C41H51NO10/c1-9-47-38(46)41(48-27-34(50-41)36(44)52-40(6,7)8)37(45)42(26-35(43)51-39(3,4)5)28(2)33(25-20-29-16-12-10-13-17-29)30-21-23-32(24-22-30)49-31-18-14-11-15-19-31/h10-19,21-24,28,33-34H,9,20,25-27H2,1-8H3/t28-,33+,34-,41?/m1/s1. The molecule has 1 saturated heterocycles. The van der Waals surface area contributed by atoms with Gasteiger partial charge >= 0.3 is 23.7 Å². The number of para-hydroxylation sites is 1. The van der Waals surface area contributed by atoms with E-state index in [0.717, 1.165) is 11.1 Å². The van der Waals surface area contributed by atoms with Gasteiger partial charge in [-0.25, -0.2) is 9.59 Å². The van der Waals surface area contributed by atoms with E-state index in [1.54, 1.807) is 55.4 Å². The predicted octanol–water partition coefficient (Wildman–Crippen LogP) is 6.77. The molecule has 3 aromatic rings. The van der Waals surface area contributed by atoms with Crippen molar-refractivity contribution >= 4 is 23.8 Å². The first-order valence-electron chi connectivity index (χ1n) is 17.6. The molecule has 4 rings (SSSR count). The number of carbonyl (C=O) groups is 4. The SMILES string of the molecule is CCOC(=O)C1(C(=O)N(CC(=O)OC(C)(C)C)[C@H](C)[C@H](CCc2ccccc2)c2ccc(Oc3ccccc3)cc2)OC[C@H](C(=O)OC(C)(C)C)O1. The average Bonchev–Trinajstić information content (AvgIpc) is 3.54. The number of nitrogens with zero attached hydrogens (tertiary/aromatic N) is 1. The highest BCUT2D eigenvalue weighted by atomic mass is 16.8. The number of benzene rings is 3. The van der Waals surface area contributed by atoms with E-state index in [0.29, 0.717) is 24.3 Å². The quantitative estimate of drug-likeness (QED) is 0.100. The van der Waals surface area contributed by atoms with Crippen LogP contribution in [0.1, 0.15) is 78.9 Å². The molecule has 280 valence electrons. The molecular formula is C41H51NO10. The lowest BCUT2D eigenvalue weighted by Crippen LogP contribution is -2.60. The van der Waals surface area contributed by atoms with Crippen molar-refractivity contribution in [1.82, 2.24) is 4.90 Å². The van der Waals surface area contributed by atoms with Gasteiger partial charge in [0.2, 0.25) is 0 Å². The number of rotatable bonds is 14. The minimum Gasteiger partial charge on any atom is -0.462 e. The number of amides is 1. The molecule has 1 aliphatic rings. The molecule has 0 spiro atoms. The second-order valence-electron chi connectivity index (χ2n) is 14.7. The van der Waals surface area contributed by atoms with Crippen LogP contribution in [0.2, 0.25) is 0 Å². The summed E-state index contributed by atoms with van der Waals surface area (Å²) in [5.41, 5.74) is 0.206. The highest BCUT2D eigenvalue weighted by Gasteiger charge is 2.61. The second-order valence-corrected chi connectivity index (χ2v) is 14.7. The molecule has 0 radical (unpaired) electrons. The zero-order valence-electron chi connectivity index (χ0n) is 31.4. The van der Waals surface area contributed by atoms with Crippen LogP contribution in [0.3, 0.4) is 0 Å². The molecule has 1 aliphatic heterocycles. The Labute approximate surface area is 306 Å². The Hall–Kier alpha value is -4.74. The van der Waals surface area contributed by atoms with Crippen molar-refractivity contribution in [2.75, 3.05) is 19.8 Å². The maximum atomic E-state index is 14.8. The Bertz CT molecular complexity index is 1650. The number of hydrogen-bond donors (Lipinski definition) is 0. The Kier molecular flexibility index (Phi) is 13.2. The van der Waals surface area contributed by atoms with E-state index in [1.807, 2.05) is 84.9 Å². The van der Waals surface area contributed by atoms with Crippen LogP contribution in [0, 0.1) is 0 Å². The molecule has 1 amide bonds. The maximum absolute atomic E-state index is 14.8. The molecule has 1 fully saturated rings. The molecular weight excluding hydrogens is 666 g/mol. The Balaban J connectivity index is 1.75. The summed E-state index contributed by atoms with van der Waals surface area (Å²) in [5, 5.41) is 0. The smallest absolute Gasteiger partial charge is 0.377 e. The summed E-state index contributed by atoms with van der Waals surface area (Å²) in [6, 6.07) is 26.1. The molecule has 4 atom stereocenters. The number of carbonyl (C=O) groups excluding carboxylic acids is 4. The molecule has 3 aromatic carbocycles. The molecule has 1 unspecified atom stereocenters. The van der Waals surface area contributed by atoms with Crippen molar-refractivity contribution in [1.29, 1.82) is 0 Å². The van der Waals surface area contributed by atoms with Crippen LogP contribution in [0.25, 0.3) is 0 Å². The van der Waals surface area contributed by atoms with Crippen LogP contribution in [0.5, 0.6) is 11.5 Å². The van der Waals surface area contributed by atoms with E-state index >= 15 is 0 Å². The van der Waals surface area contributed by atoms with E-state index in [-0.39, 0.29) is 12.5 Å². The molecule has 52 heavy (non-hydrogen) atoms. The van der Waals surface area contributed by atoms with Gasteiger partial charge in [0.25, 0.3) is 5.91 Å². The van der Waals surface area contributed by atoms with Gasteiger partial charge in [0.15, 0.2) is 6.10 Å². The molecule has 0 aromatic heterocycles. The van der Waals surface area contributed by atoms with Crippen molar-refractivity contribution in [2.45, 2.75) is 103 Å². The van der Waals surface area contributed by atoms with Gasteiger partial charge in [0.05, 0.1) is 13.2 Å². The highest BCUT2D eigenvalue weighted by Crippen LogP contribution is 2.35. The topological polar surface area (TPSA) is 127 Å². The molecule has 1 heterocycles. The first-order chi connectivity index (χ1) is 24.5. The fraction of sp³-hybridized carbons (Fsp3) is 0.463. The highest BCUT2D eigenvalue weighted by molar-refractivity contribution is 6.06. The normalized spacial score (nSPS) is 18.5. The number of hydrogen-bond acceptors (Lipinski definition) is 10. The van der Waals surface area contributed by atoms with Gasteiger partial charge in [-0.1, -0.05) is 60.7 Å². The molecule has 11 heteroatoms. The largest absolute Gasteiger partial charge is 0.462 e. The predicted molar refractivity (Wildman–Crippen MR) is 194 cm³/mol. The van der Waals surface area contributed by atoms with Crippen LogP contribution in [0.4, 0.5) is 0 Å². The molecule has 0 aliphatic carbocycles. The zero-order valence-corrected chi connectivity index (χ0v) is 31.4. The Morgan fingerprint density at radius 2 is 1.40 bits per heavy atom. The number of ether oxygens (including phenoxy) is 6. The van der Waals surface area contributed by atoms with Gasteiger partial charge in [-0.2, -0.15) is 0 Å². The van der Waals surface area contributed by atoms with E-state index < -0.39 is 66.1 Å². The summed E-state index contributed by atoms with van der Waals surface area (Å²) in [5.74, 6) is -5.40. The molecule has 0 N–H and O–H groups in total. The van der Waals surface area contributed by atoms with Crippen molar-refractivity contribution in [3.05, 3.63) is 96.1 Å². The summed E-state index contributed by atoms with van der Waals surface area (Å²) >= 11 is 0. The third-order valence-corrected chi connectivity index (χ3v) is 8.17. The maximum Gasteiger partial charge on any atom is 0.377 e. The lowest BCUT2D eigenvalue weighted by atomic mass is 9.85. The summed E-state index contributed by atoms with van der Waals surface area (Å²) < 4.78 is 34.2. The third kappa shape index (κ3) is 10.9. The number of aryl methyl sites for hydroxylation is 1. The monoisotopic (exact) mass is 717 g/mol. The summed E-state index contributed by atoms with van der Waals surface area (Å²) in [6.07, 6.45) is -0.211. The number of esters is 3. The van der Waals surface area contributed by atoms with Crippen LogP contribution < -0.4 is 4.74 Å². The van der Waals surface area contributed by atoms with Crippen molar-refractivity contribution in [2.24, 2.45) is 0 Å². The van der Waals surface area contributed by atoms with E-state index in [4.69, 9.17) is 28.4 Å². The van der Waals surface area contributed by atoms with Crippen LogP contribution in [-0.2, 0) is 49.3 Å². The van der Waals surface area contributed by atoms with Gasteiger partial charge in [-0.05, 0) is 104 Å². The fourth-order valence-electron chi connectivity index (χ4n) is 5.86. The van der Waals surface area contributed by atoms with Gasteiger partial charge < -0.3 is 33.3 Å². The van der Waals surface area contributed by atoms with Crippen molar-refractivity contribution in [3.63, 3.8) is 0 Å². The van der Waals surface area contributed by atoms with Crippen molar-refractivity contribution < 1.29 is 47.6 Å². The Morgan fingerprint density at radius 1 is 0.827 bits per heavy atom. The van der Waals surface area contributed by atoms with E-state index in [9.17, 15) is 19.2 Å². The van der Waals surface area contributed by atoms with Gasteiger partial charge in [0, 0.05) is 12.0 Å². The van der Waals surface area contributed by atoms with E-state index in [1.165, 1.54) is 4.90 Å². The second kappa shape index (κ2) is 17.2. The minimum absolute atomic E-state index is 0.101. The Morgan fingerprint density at radius 3 is 1.98 bits per heavy atom. The first-order valence-corrected chi connectivity index (χ1v) is 17.6. The summed E-state index contributed by atoms with van der Waals surface area (Å²) in [4.78, 5) is 56.2. The fourth-order valence-corrected chi connectivity index (χ4v) is 5.86. The van der Waals surface area contributed by atoms with Crippen LogP contribution >= 0.6 is 0 Å². The summed E-state index contributed by atoms with van der Waals surface area (Å²) in [6.45, 7) is 12.5. The third-order valence-electron chi connectivity index (χ3n) is 8.17. The molecule has 0 saturated carbocycles. The first kappa shape index (κ1) is 40.0. The van der Waals surface area contributed by atoms with Gasteiger partial charge in [-0.15, -0.1) is 0 Å². The molecule has 0 bridgehead atoms. The van der Waals surface area contributed by atoms with E-state index in [2.05, 4.69) is 0 Å².